The number of aliphatic carboxylic acids is 1. The van der Waals surface area contributed by atoms with Crippen LogP contribution < -0.4 is 5.73 Å². The van der Waals surface area contributed by atoms with Gasteiger partial charge in [0.05, 0.1) is 15.8 Å². The predicted octanol–water partition coefficient (Wildman–Crippen LogP) is 0.999. The molecule has 3 N–H and O–H groups in total. The SMILES string of the molecule is NCC(C(=O)O)S(=O)c1ccc(F)c(Cl)c1. The first-order valence-corrected chi connectivity index (χ1v) is 5.85. The van der Waals surface area contributed by atoms with Gasteiger partial charge in [-0.05, 0) is 18.2 Å². The molecule has 4 nitrogen and oxygen atoms in total. The lowest BCUT2D eigenvalue weighted by atomic mass is 10.3. The van der Waals surface area contributed by atoms with Crippen molar-refractivity contribution in [1.82, 2.24) is 0 Å². The molecule has 0 spiro atoms. The summed E-state index contributed by atoms with van der Waals surface area (Å²) < 4.78 is 24.6. The van der Waals surface area contributed by atoms with E-state index in [4.69, 9.17) is 22.4 Å². The summed E-state index contributed by atoms with van der Waals surface area (Å²) >= 11 is 5.50. The quantitative estimate of drug-likeness (QED) is 0.851. The van der Waals surface area contributed by atoms with Crippen molar-refractivity contribution in [3.05, 3.63) is 29.0 Å². The van der Waals surface area contributed by atoms with Gasteiger partial charge >= 0.3 is 5.97 Å². The van der Waals surface area contributed by atoms with Crippen molar-refractivity contribution in [2.24, 2.45) is 5.73 Å². The van der Waals surface area contributed by atoms with Gasteiger partial charge in [0.2, 0.25) is 0 Å². The predicted molar refractivity (Wildman–Crippen MR) is 58.3 cm³/mol. The van der Waals surface area contributed by atoms with Crippen molar-refractivity contribution >= 4 is 28.4 Å². The molecule has 0 saturated heterocycles. The second-order valence-electron chi connectivity index (χ2n) is 2.94. The molecule has 2 unspecified atom stereocenters. The zero-order valence-corrected chi connectivity index (χ0v) is 9.59. The van der Waals surface area contributed by atoms with Gasteiger partial charge in [-0.15, -0.1) is 0 Å². The molecular formula is C9H9ClFNO3S. The summed E-state index contributed by atoms with van der Waals surface area (Å²) in [4.78, 5) is 10.9. The molecule has 0 aliphatic carbocycles. The highest BCUT2D eigenvalue weighted by molar-refractivity contribution is 7.86. The highest BCUT2D eigenvalue weighted by Crippen LogP contribution is 2.20. The number of hydrogen-bond donors (Lipinski definition) is 2. The Morgan fingerprint density at radius 3 is 2.69 bits per heavy atom. The molecule has 0 bridgehead atoms. The maximum absolute atomic E-state index is 12.8. The van der Waals surface area contributed by atoms with Crippen LogP contribution in [0.25, 0.3) is 0 Å². The van der Waals surface area contributed by atoms with Gasteiger partial charge in [-0.2, -0.15) is 0 Å². The first-order valence-electron chi connectivity index (χ1n) is 4.26. The minimum atomic E-state index is -1.85. The molecule has 0 radical (unpaired) electrons. The van der Waals surface area contributed by atoms with Crippen molar-refractivity contribution in [3.8, 4) is 0 Å². The molecule has 0 saturated carbocycles. The van der Waals surface area contributed by atoms with E-state index in [0.717, 1.165) is 12.1 Å². The summed E-state index contributed by atoms with van der Waals surface area (Å²) in [6.07, 6.45) is 0. The van der Waals surface area contributed by atoms with Crippen LogP contribution in [0.3, 0.4) is 0 Å². The summed E-state index contributed by atoms with van der Waals surface area (Å²) in [5, 5.41) is 7.33. The molecule has 88 valence electrons. The summed E-state index contributed by atoms with van der Waals surface area (Å²) in [7, 11) is -1.85. The monoisotopic (exact) mass is 265 g/mol. The number of carbonyl (C=O) groups is 1. The summed E-state index contributed by atoms with van der Waals surface area (Å²) in [6, 6.07) is 3.40. The molecule has 1 aromatic carbocycles. The third-order valence-electron chi connectivity index (χ3n) is 1.87. The van der Waals surface area contributed by atoms with Crippen LogP contribution in [0.1, 0.15) is 0 Å². The highest BCUT2D eigenvalue weighted by Gasteiger charge is 2.24. The fraction of sp³-hybridized carbons (Fsp3) is 0.222. The van der Waals surface area contributed by atoms with Crippen molar-refractivity contribution < 1.29 is 18.5 Å². The average molecular weight is 266 g/mol. The van der Waals surface area contributed by atoms with E-state index in [2.05, 4.69) is 0 Å². The molecule has 0 amide bonds. The van der Waals surface area contributed by atoms with Crippen LogP contribution in [0.15, 0.2) is 23.1 Å². The van der Waals surface area contributed by atoms with E-state index in [1.807, 2.05) is 0 Å². The number of carboxylic acids is 1. The lowest BCUT2D eigenvalue weighted by Gasteiger charge is -2.09. The number of hydrogen-bond acceptors (Lipinski definition) is 3. The van der Waals surface area contributed by atoms with Gasteiger partial charge in [-0.3, -0.25) is 9.00 Å². The van der Waals surface area contributed by atoms with E-state index in [1.54, 1.807) is 0 Å². The molecule has 16 heavy (non-hydrogen) atoms. The second-order valence-corrected chi connectivity index (χ2v) is 4.98. The topological polar surface area (TPSA) is 80.4 Å². The van der Waals surface area contributed by atoms with Gasteiger partial charge in [-0.25, -0.2) is 4.39 Å². The third kappa shape index (κ3) is 2.78. The Morgan fingerprint density at radius 2 is 2.25 bits per heavy atom. The second kappa shape index (κ2) is 5.38. The molecule has 7 heteroatoms. The van der Waals surface area contributed by atoms with Gasteiger partial charge in [0.1, 0.15) is 11.1 Å². The zero-order valence-electron chi connectivity index (χ0n) is 8.02. The molecule has 1 aromatic rings. The first kappa shape index (κ1) is 13.1. The number of halogens is 2. The van der Waals surface area contributed by atoms with Crippen LogP contribution in [-0.4, -0.2) is 27.1 Å². The normalized spacial score (nSPS) is 14.4. The molecule has 0 aliphatic heterocycles. The Labute approximate surface area is 98.7 Å². The van der Waals surface area contributed by atoms with Crippen molar-refractivity contribution in [1.29, 1.82) is 0 Å². The van der Waals surface area contributed by atoms with Crippen LogP contribution >= 0.6 is 11.6 Å². The Morgan fingerprint density at radius 1 is 1.62 bits per heavy atom. The molecular weight excluding hydrogens is 257 g/mol. The van der Waals surface area contributed by atoms with Gasteiger partial charge in [-0.1, -0.05) is 11.6 Å². The fourth-order valence-corrected chi connectivity index (χ4v) is 2.41. The number of benzene rings is 1. The van der Waals surface area contributed by atoms with Crippen LogP contribution in [0.4, 0.5) is 4.39 Å². The van der Waals surface area contributed by atoms with Gasteiger partial charge in [0.15, 0.2) is 0 Å². The lowest BCUT2D eigenvalue weighted by molar-refractivity contribution is -0.136. The van der Waals surface area contributed by atoms with Crippen LogP contribution in [0.2, 0.25) is 5.02 Å². The van der Waals surface area contributed by atoms with Crippen LogP contribution in [0.5, 0.6) is 0 Å². The smallest absolute Gasteiger partial charge is 0.320 e. The van der Waals surface area contributed by atoms with E-state index >= 15 is 0 Å². The summed E-state index contributed by atoms with van der Waals surface area (Å²) in [6.45, 7) is -0.267. The van der Waals surface area contributed by atoms with E-state index in [9.17, 15) is 13.4 Å². The first-order chi connectivity index (χ1) is 7.47. The largest absolute Gasteiger partial charge is 0.480 e. The standard InChI is InChI=1S/C9H9ClFNO3S/c10-6-3-5(1-2-7(6)11)16(15)8(4-12)9(13)14/h1-3,8H,4,12H2,(H,13,14). The number of rotatable bonds is 4. The van der Waals surface area contributed by atoms with Crippen molar-refractivity contribution in [2.45, 2.75) is 10.1 Å². The van der Waals surface area contributed by atoms with Gasteiger partial charge in [0, 0.05) is 11.4 Å². The number of carboxylic acid groups (broad SMARTS) is 1. The summed E-state index contributed by atoms with van der Waals surface area (Å²) in [5.41, 5.74) is 5.20. The lowest BCUT2D eigenvalue weighted by Crippen LogP contribution is -2.33. The Kier molecular flexibility index (Phi) is 4.40. The Balaban J connectivity index is 3.04. The molecule has 0 aromatic heterocycles. The van der Waals surface area contributed by atoms with E-state index in [0.29, 0.717) is 0 Å². The molecule has 2 atom stereocenters. The van der Waals surface area contributed by atoms with Crippen LogP contribution in [-0.2, 0) is 15.6 Å². The summed E-state index contributed by atoms with van der Waals surface area (Å²) in [5.74, 6) is -1.91. The highest BCUT2D eigenvalue weighted by atomic mass is 35.5. The van der Waals surface area contributed by atoms with Gasteiger partial charge in [0.25, 0.3) is 0 Å². The zero-order chi connectivity index (χ0) is 12.3. The van der Waals surface area contributed by atoms with E-state index in [-0.39, 0.29) is 16.5 Å². The minimum absolute atomic E-state index is 0.143. The molecule has 1 rings (SSSR count). The Hall–Kier alpha value is -0.980. The van der Waals surface area contributed by atoms with E-state index < -0.39 is 27.8 Å². The van der Waals surface area contributed by atoms with Crippen molar-refractivity contribution in [2.75, 3.05) is 6.54 Å². The molecule has 0 heterocycles. The third-order valence-corrected chi connectivity index (χ3v) is 3.79. The average Bonchev–Trinajstić information content (AvgIpc) is 2.22. The minimum Gasteiger partial charge on any atom is -0.480 e. The maximum atomic E-state index is 12.8. The van der Waals surface area contributed by atoms with E-state index in [1.165, 1.54) is 6.07 Å². The van der Waals surface area contributed by atoms with Crippen molar-refractivity contribution in [3.63, 3.8) is 0 Å². The van der Waals surface area contributed by atoms with Crippen LogP contribution in [0, 0.1) is 5.82 Å². The Bertz CT molecular complexity index is 441. The molecule has 0 aliphatic rings. The number of nitrogens with two attached hydrogens (primary N) is 1. The van der Waals surface area contributed by atoms with Gasteiger partial charge < -0.3 is 10.8 Å². The fourth-order valence-electron chi connectivity index (χ4n) is 1.05. The molecule has 0 fully saturated rings. The maximum Gasteiger partial charge on any atom is 0.320 e.